The van der Waals surface area contributed by atoms with Crippen LogP contribution in [0.15, 0.2) is 72.8 Å². The molecule has 0 bridgehead atoms. The molecule has 0 amide bonds. The molecule has 184 valence electrons. The summed E-state index contributed by atoms with van der Waals surface area (Å²) in [5.41, 5.74) is 4.19. The van der Waals surface area contributed by atoms with E-state index in [0.29, 0.717) is 22.5 Å². The van der Waals surface area contributed by atoms with E-state index in [2.05, 4.69) is 9.97 Å². The molecular formula is C29H24Cl2F2N2O. The zero-order valence-corrected chi connectivity index (χ0v) is 21.3. The monoisotopic (exact) mass is 524 g/mol. The van der Waals surface area contributed by atoms with Gasteiger partial charge in [0, 0.05) is 11.4 Å². The number of aromatic nitrogens is 2. The molecule has 0 fully saturated rings. The summed E-state index contributed by atoms with van der Waals surface area (Å²) in [6, 6.07) is 20.0. The maximum atomic E-state index is 14.3. The van der Waals surface area contributed by atoms with Crippen LogP contribution in [0.2, 0.25) is 10.0 Å². The predicted molar refractivity (Wildman–Crippen MR) is 139 cm³/mol. The van der Waals surface area contributed by atoms with Gasteiger partial charge in [0.15, 0.2) is 5.78 Å². The highest BCUT2D eigenvalue weighted by atomic mass is 35.5. The first-order valence-corrected chi connectivity index (χ1v) is 12.3. The number of halogens is 4. The first kappa shape index (κ1) is 25.9. The molecule has 0 spiro atoms. The minimum Gasteiger partial charge on any atom is -0.298 e. The van der Waals surface area contributed by atoms with Gasteiger partial charge in [-0.2, -0.15) is 0 Å². The van der Waals surface area contributed by atoms with E-state index in [1.54, 1.807) is 12.1 Å². The van der Waals surface area contributed by atoms with Gasteiger partial charge in [0.1, 0.15) is 11.6 Å². The van der Waals surface area contributed by atoms with Crippen molar-refractivity contribution in [3.63, 3.8) is 0 Å². The zero-order valence-electron chi connectivity index (χ0n) is 19.8. The number of hydrogen-bond donors (Lipinski definition) is 0. The molecule has 0 saturated carbocycles. The van der Waals surface area contributed by atoms with Gasteiger partial charge in [-0.05, 0) is 86.3 Å². The fraction of sp³-hybridized carbons (Fsp3) is 0.207. The van der Waals surface area contributed by atoms with Gasteiger partial charge in [-0.3, -0.25) is 14.8 Å². The third-order valence-electron chi connectivity index (χ3n) is 6.07. The molecule has 0 radical (unpaired) electrons. The maximum absolute atomic E-state index is 14.3. The normalized spacial score (nSPS) is 12.8. The summed E-state index contributed by atoms with van der Waals surface area (Å²) in [6.07, 6.45) is 0.559. The van der Waals surface area contributed by atoms with Crippen molar-refractivity contribution >= 4 is 29.0 Å². The number of carbonyl (C=O) groups is 1. The number of pyridine rings is 2. The van der Waals surface area contributed by atoms with E-state index in [-0.39, 0.29) is 28.7 Å². The summed E-state index contributed by atoms with van der Waals surface area (Å²) in [6.45, 7) is 3.72. The lowest BCUT2D eigenvalue weighted by Gasteiger charge is -2.23. The van der Waals surface area contributed by atoms with Crippen molar-refractivity contribution in [3.8, 4) is 0 Å². The van der Waals surface area contributed by atoms with Gasteiger partial charge in [-0.1, -0.05) is 47.5 Å². The van der Waals surface area contributed by atoms with Gasteiger partial charge in [0.2, 0.25) is 0 Å². The van der Waals surface area contributed by atoms with E-state index in [9.17, 15) is 13.6 Å². The average molecular weight is 525 g/mol. The van der Waals surface area contributed by atoms with Crippen LogP contribution in [0.1, 0.15) is 45.7 Å². The first-order chi connectivity index (χ1) is 17.2. The Morgan fingerprint density at radius 2 is 1.14 bits per heavy atom. The first-order valence-electron chi connectivity index (χ1n) is 11.5. The largest absolute Gasteiger partial charge is 0.298 e. The van der Waals surface area contributed by atoms with Gasteiger partial charge in [0.05, 0.1) is 33.3 Å². The van der Waals surface area contributed by atoms with Crippen LogP contribution >= 0.6 is 23.2 Å². The molecule has 0 aliphatic heterocycles. The fourth-order valence-electron chi connectivity index (χ4n) is 4.27. The Labute approximate surface area is 219 Å². The molecular weight excluding hydrogens is 501 g/mol. The third kappa shape index (κ3) is 6.15. The Kier molecular flexibility index (Phi) is 8.12. The number of rotatable bonds is 8. The van der Waals surface area contributed by atoms with Gasteiger partial charge in [0.25, 0.3) is 0 Å². The van der Waals surface area contributed by atoms with Crippen molar-refractivity contribution in [1.29, 1.82) is 0 Å². The molecule has 0 aliphatic carbocycles. The number of benzene rings is 2. The molecule has 2 aromatic carbocycles. The number of ketones is 1. The highest BCUT2D eigenvalue weighted by Crippen LogP contribution is 2.32. The smallest absolute Gasteiger partial charge is 0.151 e. The lowest BCUT2D eigenvalue weighted by molar-refractivity contribution is -0.122. The van der Waals surface area contributed by atoms with Crippen LogP contribution in [0.3, 0.4) is 0 Å². The lowest BCUT2D eigenvalue weighted by atomic mass is 9.81. The molecule has 7 heteroatoms. The molecule has 2 unspecified atom stereocenters. The number of carbonyl (C=O) groups excluding carboxylic acids is 1. The molecule has 2 heterocycles. The summed E-state index contributed by atoms with van der Waals surface area (Å²) in [5.74, 6) is -2.43. The third-order valence-corrected chi connectivity index (χ3v) is 6.65. The van der Waals surface area contributed by atoms with Gasteiger partial charge in [-0.15, -0.1) is 0 Å². The zero-order chi connectivity index (χ0) is 25.8. The van der Waals surface area contributed by atoms with Crippen molar-refractivity contribution in [2.45, 2.75) is 38.5 Å². The second-order valence-electron chi connectivity index (χ2n) is 8.82. The van der Waals surface area contributed by atoms with Crippen LogP contribution in [-0.4, -0.2) is 15.8 Å². The Morgan fingerprint density at radius 3 is 1.50 bits per heavy atom. The van der Waals surface area contributed by atoms with E-state index < -0.39 is 23.5 Å². The average Bonchev–Trinajstić information content (AvgIpc) is 2.85. The molecule has 0 saturated heterocycles. The molecule has 36 heavy (non-hydrogen) atoms. The van der Waals surface area contributed by atoms with Crippen molar-refractivity contribution in [3.05, 3.63) is 128 Å². The van der Waals surface area contributed by atoms with Crippen molar-refractivity contribution in [2.24, 2.45) is 0 Å². The lowest BCUT2D eigenvalue weighted by Crippen LogP contribution is -2.26. The second kappa shape index (κ2) is 11.3. The predicted octanol–water partition coefficient (Wildman–Crippen LogP) is 7.60. The maximum Gasteiger partial charge on any atom is 0.151 e. The van der Waals surface area contributed by atoms with E-state index in [1.165, 1.54) is 24.3 Å². The van der Waals surface area contributed by atoms with Crippen molar-refractivity contribution < 1.29 is 13.6 Å². The SMILES string of the molecule is Cc1cccc(C(Cc2ccc(F)c(Cl)c2)C(=O)C(Cc2ccc(F)c(Cl)c2)c2cccc(C)n2)n1. The number of hydrogen-bond acceptors (Lipinski definition) is 3. The quantitative estimate of drug-likeness (QED) is 0.238. The Morgan fingerprint density at radius 1 is 0.722 bits per heavy atom. The molecule has 2 atom stereocenters. The molecule has 0 aliphatic rings. The minimum atomic E-state index is -0.644. The Bertz CT molecular complexity index is 1300. The number of aryl methyl sites for hydroxylation is 2. The number of Topliss-reactive ketones (excluding diaryl/α,β-unsaturated/α-hetero) is 1. The van der Waals surface area contributed by atoms with Crippen LogP contribution in [0.4, 0.5) is 8.78 Å². The molecule has 4 aromatic rings. The van der Waals surface area contributed by atoms with Gasteiger partial charge in [-0.25, -0.2) is 8.78 Å². The van der Waals surface area contributed by atoms with Gasteiger partial charge >= 0.3 is 0 Å². The molecule has 0 N–H and O–H groups in total. The van der Waals surface area contributed by atoms with E-state index in [1.807, 2.05) is 50.2 Å². The van der Waals surface area contributed by atoms with Crippen molar-refractivity contribution in [1.82, 2.24) is 9.97 Å². The summed E-state index contributed by atoms with van der Waals surface area (Å²) >= 11 is 12.1. The Hall–Kier alpha value is -3.15. The van der Waals surface area contributed by atoms with Crippen LogP contribution < -0.4 is 0 Å². The minimum absolute atomic E-state index is 0.00578. The fourth-order valence-corrected chi connectivity index (χ4v) is 4.67. The summed E-state index contributed by atoms with van der Waals surface area (Å²) in [5, 5.41) is -0.0116. The van der Waals surface area contributed by atoms with E-state index >= 15 is 0 Å². The summed E-state index contributed by atoms with van der Waals surface area (Å²) < 4.78 is 27.6. The van der Waals surface area contributed by atoms with Crippen molar-refractivity contribution in [2.75, 3.05) is 0 Å². The van der Waals surface area contributed by atoms with Crippen LogP contribution in [0.5, 0.6) is 0 Å². The van der Waals surface area contributed by atoms with Gasteiger partial charge < -0.3 is 0 Å². The van der Waals surface area contributed by atoms with E-state index in [0.717, 1.165) is 11.4 Å². The molecule has 3 nitrogen and oxygen atoms in total. The highest BCUT2D eigenvalue weighted by molar-refractivity contribution is 6.31. The van der Waals surface area contributed by atoms with Crippen LogP contribution in [0, 0.1) is 25.5 Å². The standard InChI is InChI=1S/C29H24Cl2F2N2O/c1-17-5-3-7-27(34-17)21(13-19-9-11-25(32)23(30)15-19)29(36)22(28-8-4-6-18(2)35-28)14-20-10-12-26(33)24(31)16-20/h3-12,15-16,21-22H,13-14H2,1-2H3. The molecule has 4 rings (SSSR count). The number of nitrogens with zero attached hydrogens (tertiary/aromatic N) is 2. The Balaban J connectivity index is 1.78. The van der Waals surface area contributed by atoms with Crippen LogP contribution in [0.25, 0.3) is 0 Å². The summed E-state index contributed by atoms with van der Waals surface area (Å²) in [4.78, 5) is 23.6. The van der Waals surface area contributed by atoms with E-state index in [4.69, 9.17) is 23.2 Å². The topological polar surface area (TPSA) is 42.9 Å². The molecule has 2 aromatic heterocycles. The highest BCUT2D eigenvalue weighted by Gasteiger charge is 2.32. The van der Waals surface area contributed by atoms with Crippen LogP contribution in [-0.2, 0) is 17.6 Å². The summed E-state index contributed by atoms with van der Waals surface area (Å²) in [7, 11) is 0. The second-order valence-corrected chi connectivity index (χ2v) is 9.63.